The highest BCUT2D eigenvalue weighted by Gasteiger charge is 2.24. The minimum Gasteiger partial charge on any atom is -0.508 e. The van der Waals surface area contributed by atoms with Gasteiger partial charge in [0.2, 0.25) is 5.91 Å². The van der Waals surface area contributed by atoms with Crippen LogP contribution in [0.4, 0.5) is 8.78 Å². The number of benzene rings is 1. The molecule has 2 N–H and O–H groups in total. The number of imidazole rings is 1. The number of rotatable bonds is 4. The highest BCUT2D eigenvalue weighted by molar-refractivity contribution is 5.78. The van der Waals surface area contributed by atoms with E-state index in [0.717, 1.165) is 30.7 Å². The Labute approximate surface area is 132 Å². The van der Waals surface area contributed by atoms with Gasteiger partial charge in [0.1, 0.15) is 17.4 Å². The van der Waals surface area contributed by atoms with Crippen LogP contribution in [0.5, 0.6) is 5.75 Å². The number of nitrogens with one attached hydrogen (secondary N) is 1. The molecule has 0 radical (unpaired) electrons. The van der Waals surface area contributed by atoms with E-state index in [1.807, 2.05) is 4.57 Å². The molecule has 1 aliphatic heterocycles. The maximum Gasteiger partial charge on any atom is 0.224 e. The third-order valence-electron chi connectivity index (χ3n) is 4.14. The van der Waals surface area contributed by atoms with Crippen LogP contribution in [0.1, 0.15) is 17.7 Å². The highest BCUT2D eigenvalue weighted by Crippen LogP contribution is 2.21. The predicted octanol–water partition coefficient (Wildman–Crippen LogP) is 1.79. The smallest absolute Gasteiger partial charge is 0.224 e. The molecule has 1 unspecified atom stereocenters. The fourth-order valence-corrected chi connectivity index (χ4v) is 2.87. The summed E-state index contributed by atoms with van der Waals surface area (Å²) in [6.07, 6.45) is 5.06. The first-order valence-electron chi connectivity index (χ1n) is 7.48. The Balaban J connectivity index is 1.54. The molecule has 7 heteroatoms. The summed E-state index contributed by atoms with van der Waals surface area (Å²) in [5.41, 5.74) is 0.978. The Hall–Kier alpha value is -2.44. The third-order valence-corrected chi connectivity index (χ3v) is 4.14. The lowest BCUT2D eigenvalue weighted by molar-refractivity contribution is -0.125. The molecule has 2 heterocycles. The van der Waals surface area contributed by atoms with Crippen LogP contribution in [0, 0.1) is 17.6 Å². The van der Waals surface area contributed by atoms with E-state index < -0.39 is 17.4 Å². The third kappa shape index (κ3) is 3.33. The average molecular weight is 321 g/mol. The second kappa shape index (κ2) is 6.36. The minimum absolute atomic E-state index is 0.0345. The molecule has 3 rings (SSSR count). The first-order valence-corrected chi connectivity index (χ1v) is 7.48. The molecule has 122 valence electrons. The van der Waals surface area contributed by atoms with Gasteiger partial charge < -0.3 is 15.0 Å². The van der Waals surface area contributed by atoms with Crippen LogP contribution in [0.25, 0.3) is 0 Å². The number of nitrogens with zero attached hydrogens (tertiary/aromatic N) is 2. The maximum atomic E-state index is 13.6. The lowest BCUT2D eigenvalue weighted by Gasteiger charge is -2.23. The molecule has 23 heavy (non-hydrogen) atoms. The normalized spacial score (nSPS) is 16.9. The molecule has 0 aliphatic carbocycles. The quantitative estimate of drug-likeness (QED) is 0.902. The zero-order valence-corrected chi connectivity index (χ0v) is 12.4. The number of aromatic hydroxyl groups is 1. The fraction of sp³-hybridized carbons (Fsp3) is 0.375. The van der Waals surface area contributed by atoms with Gasteiger partial charge in [0.15, 0.2) is 0 Å². The molecule has 0 fully saturated rings. The standard InChI is InChI=1S/C16H17F2N3O2/c17-14-5-12(22)6-15(18)13(14)3-4-20-16(23)10-1-2-11-7-19-9-21(11)8-10/h5-7,9-10,22H,1-4,8H2,(H,20,23). The topological polar surface area (TPSA) is 67.2 Å². The molecule has 1 aromatic carbocycles. The lowest BCUT2D eigenvalue weighted by atomic mass is 9.97. The first-order chi connectivity index (χ1) is 11.0. The van der Waals surface area contributed by atoms with E-state index in [2.05, 4.69) is 10.3 Å². The number of hydrogen-bond donors (Lipinski definition) is 2. The van der Waals surface area contributed by atoms with Crippen molar-refractivity contribution < 1.29 is 18.7 Å². The average Bonchev–Trinajstić information content (AvgIpc) is 2.97. The molecule has 1 aromatic heterocycles. The summed E-state index contributed by atoms with van der Waals surface area (Å²) in [4.78, 5) is 16.2. The van der Waals surface area contributed by atoms with E-state index >= 15 is 0 Å². The molecule has 5 nitrogen and oxygen atoms in total. The summed E-state index contributed by atoms with van der Waals surface area (Å²) in [6.45, 7) is 0.716. The summed E-state index contributed by atoms with van der Waals surface area (Å²) in [7, 11) is 0. The molecule has 2 aromatic rings. The number of aromatic nitrogens is 2. The number of aryl methyl sites for hydroxylation is 1. The van der Waals surface area contributed by atoms with E-state index in [4.69, 9.17) is 5.11 Å². The molecule has 1 amide bonds. The zero-order valence-electron chi connectivity index (χ0n) is 12.4. The van der Waals surface area contributed by atoms with Crippen molar-refractivity contribution in [3.8, 4) is 5.75 Å². The summed E-state index contributed by atoms with van der Waals surface area (Å²) in [6, 6.07) is 1.73. The lowest BCUT2D eigenvalue weighted by Crippen LogP contribution is -2.36. The van der Waals surface area contributed by atoms with E-state index in [1.165, 1.54) is 0 Å². The van der Waals surface area contributed by atoms with E-state index in [0.29, 0.717) is 6.54 Å². The van der Waals surface area contributed by atoms with Crippen molar-refractivity contribution in [1.82, 2.24) is 14.9 Å². The van der Waals surface area contributed by atoms with Crippen LogP contribution in [0.15, 0.2) is 24.7 Å². The van der Waals surface area contributed by atoms with Crippen LogP contribution in [0.2, 0.25) is 0 Å². The minimum atomic E-state index is -0.808. The van der Waals surface area contributed by atoms with Gasteiger partial charge >= 0.3 is 0 Å². The van der Waals surface area contributed by atoms with Crippen LogP contribution < -0.4 is 5.32 Å². The fourth-order valence-electron chi connectivity index (χ4n) is 2.87. The SMILES string of the molecule is O=C(NCCc1c(F)cc(O)cc1F)C1CCc2cncn2C1. The van der Waals surface area contributed by atoms with Gasteiger partial charge in [-0.25, -0.2) is 13.8 Å². The zero-order chi connectivity index (χ0) is 16.4. The second-order valence-corrected chi connectivity index (χ2v) is 5.70. The number of phenolic OH excluding ortho intramolecular Hbond substituents is 1. The summed E-state index contributed by atoms with van der Waals surface area (Å²) in [5.74, 6) is -2.35. The van der Waals surface area contributed by atoms with Gasteiger partial charge in [-0.05, 0) is 19.3 Å². The Morgan fingerprint density at radius 1 is 1.39 bits per heavy atom. The van der Waals surface area contributed by atoms with Crippen LogP contribution >= 0.6 is 0 Å². The van der Waals surface area contributed by atoms with Crippen LogP contribution in [-0.4, -0.2) is 27.1 Å². The molecule has 0 bridgehead atoms. The molecule has 0 saturated heterocycles. The number of fused-ring (bicyclic) bond motifs is 1. The van der Waals surface area contributed by atoms with Crippen molar-refractivity contribution >= 4 is 5.91 Å². The number of phenols is 1. The second-order valence-electron chi connectivity index (χ2n) is 5.70. The highest BCUT2D eigenvalue weighted by atomic mass is 19.1. The van der Waals surface area contributed by atoms with Gasteiger partial charge in [0.05, 0.1) is 12.2 Å². The Morgan fingerprint density at radius 2 is 2.13 bits per heavy atom. The van der Waals surface area contributed by atoms with Crippen molar-refractivity contribution in [2.75, 3.05) is 6.54 Å². The van der Waals surface area contributed by atoms with Crippen LogP contribution in [0.3, 0.4) is 0 Å². The van der Waals surface area contributed by atoms with Crippen molar-refractivity contribution in [2.24, 2.45) is 5.92 Å². The molecule has 1 atom stereocenters. The van der Waals surface area contributed by atoms with Crippen LogP contribution in [-0.2, 0) is 24.2 Å². The molecule has 0 saturated carbocycles. The summed E-state index contributed by atoms with van der Waals surface area (Å²) >= 11 is 0. The van der Waals surface area contributed by atoms with Crippen molar-refractivity contribution in [3.05, 3.63) is 47.5 Å². The van der Waals surface area contributed by atoms with Gasteiger partial charge in [0, 0.05) is 42.7 Å². The Kier molecular flexibility index (Phi) is 4.27. The monoisotopic (exact) mass is 321 g/mol. The van der Waals surface area contributed by atoms with Crippen molar-refractivity contribution in [1.29, 1.82) is 0 Å². The van der Waals surface area contributed by atoms with Gasteiger partial charge in [-0.1, -0.05) is 0 Å². The van der Waals surface area contributed by atoms with E-state index in [-0.39, 0.29) is 30.4 Å². The maximum absolute atomic E-state index is 13.6. The number of carbonyl (C=O) groups excluding carboxylic acids is 1. The summed E-state index contributed by atoms with van der Waals surface area (Å²) in [5, 5.41) is 11.8. The van der Waals surface area contributed by atoms with Crippen molar-refractivity contribution in [3.63, 3.8) is 0 Å². The van der Waals surface area contributed by atoms with Gasteiger partial charge in [0.25, 0.3) is 0 Å². The van der Waals surface area contributed by atoms with Gasteiger partial charge in [-0.2, -0.15) is 0 Å². The van der Waals surface area contributed by atoms with E-state index in [9.17, 15) is 13.6 Å². The Bertz CT molecular complexity index is 707. The summed E-state index contributed by atoms with van der Waals surface area (Å²) < 4.78 is 29.1. The van der Waals surface area contributed by atoms with Crippen molar-refractivity contribution in [2.45, 2.75) is 25.8 Å². The largest absolute Gasteiger partial charge is 0.508 e. The molecular weight excluding hydrogens is 304 g/mol. The van der Waals surface area contributed by atoms with Gasteiger partial charge in [-0.3, -0.25) is 4.79 Å². The number of amides is 1. The number of hydrogen-bond acceptors (Lipinski definition) is 3. The number of halogens is 2. The number of carbonyl (C=O) groups is 1. The molecule has 0 spiro atoms. The molecule has 1 aliphatic rings. The van der Waals surface area contributed by atoms with Gasteiger partial charge in [-0.15, -0.1) is 0 Å². The predicted molar refractivity (Wildman–Crippen MR) is 78.8 cm³/mol. The van der Waals surface area contributed by atoms with E-state index in [1.54, 1.807) is 12.5 Å². The molecular formula is C16H17F2N3O2. The first kappa shape index (κ1) is 15.5. The Morgan fingerprint density at radius 3 is 2.87 bits per heavy atom.